The van der Waals surface area contributed by atoms with Crippen molar-refractivity contribution in [2.75, 3.05) is 30.4 Å². The Hall–Kier alpha value is -2.34. The van der Waals surface area contributed by atoms with Crippen molar-refractivity contribution in [1.29, 1.82) is 0 Å². The number of nitrogens with zero attached hydrogens (tertiary/aromatic N) is 3. The molecule has 1 fully saturated rings. The molecule has 0 atom stereocenters. The Balaban J connectivity index is 1.67. The quantitative estimate of drug-likeness (QED) is 0.898. The summed E-state index contributed by atoms with van der Waals surface area (Å²) in [6.07, 6.45) is 8.04. The Labute approximate surface area is 152 Å². The molecule has 1 N–H and O–H groups in total. The molecule has 2 aromatic rings. The molecule has 1 amide bonds. The highest BCUT2D eigenvalue weighted by molar-refractivity contribution is 6.32. The van der Waals surface area contributed by atoms with E-state index >= 15 is 0 Å². The number of nitrogens with one attached hydrogen (secondary N) is 1. The van der Waals surface area contributed by atoms with Gasteiger partial charge in [0.1, 0.15) is 17.3 Å². The zero-order valence-electron chi connectivity index (χ0n) is 14.2. The molecule has 1 saturated heterocycles. The number of anilines is 2. The summed E-state index contributed by atoms with van der Waals surface area (Å²) in [5, 5.41) is 3.20. The Morgan fingerprint density at radius 1 is 1.16 bits per heavy atom. The van der Waals surface area contributed by atoms with Gasteiger partial charge in [-0.1, -0.05) is 24.4 Å². The first-order valence-corrected chi connectivity index (χ1v) is 8.77. The van der Waals surface area contributed by atoms with Crippen LogP contribution in [0.25, 0.3) is 0 Å². The molecule has 1 aromatic carbocycles. The van der Waals surface area contributed by atoms with E-state index < -0.39 is 0 Å². The molecule has 0 bridgehead atoms. The highest BCUT2D eigenvalue weighted by atomic mass is 35.5. The van der Waals surface area contributed by atoms with Gasteiger partial charge in [0.05, 0.1) is 24.5 Å². The van der Waals surface area contributed by atoms with Crippen molar-refractivity contribution in [3.05, 3.63) is 41.3 Å². The third-order valence-corrected chi connectivity index (χ3v) is 4.51. The van der Waals surface area contributed by atoms with E-state index in [9.17, 15) is 4.79 Å². The average Bonchev–Trinajstić information content (AvgIpc) is 2.91. The van der Waals surface area contributed by atoms with Gasteiger partial charge in [-0.3, -0.25) is 4.79 Å². The maximum Gasteiger partial charge on any atom is 0.275 e. The number of halogens is 1. The molecule has 1 aliphatic rings. The molecule has 2 heterocycles. The molecule has 0 aliphatic carbocycles. The van der Waals surface area contributed by atoms with Gasteiger partial charge < -0.3 is 15.0 Å². The Kier molecular flexibility index (Phi) is 5.71. The van der Waals surface area contributed by atoms with Gasteiger partial charge in [0.15, 0.2) is 0 Å². The summed E-state index contributed by atoms with van der Waals surface area (Å²) in [6, 6.07) is 5.06. The van der Waals surface area contributed by atoms with Gasteiger partial charge >= 0.3 is 0 Å². The molecule has 0 spiro atoms. The summed E-state index contributed by atoms with van der Waals surface area (Å²) >= 11 is 6.07. The fourth-order valence-corrected chi connectivity index (χ4v) is 3.10. The van der Waals surface area contributed by atoms with Gasteiger partial charge in [-0.15, -0.1) is 0 Å². The molecular weight excluding hydrogens is 340 g/mol. The molecule has 3 rings (SSSR count). The van der Waals surface area contributed by atoms with E-state index in [1.807, 2.05) is 0 Å². The van der Waals surface area contributed by atoms with Gasteiger partial charge in [0, 0.05) is 18.8 Å². The molecular formula is C18H21ClN4O2. The minimum Gasteiger partial charge on any atom is -0.495 e. The van der Waals surface area contributed by atoms with E-state index in [0.29, 0.717) is 16.5 Å². The topological polar surface area (TPSA) is 67.3 Å². The number of hydrogen-bond acceptors (Lipinski definition) is 5. The summed E-state index contributed by atoms with van der Waals surface area (Å²) < 4.78 is 5.10. The Morgan fingerprint density at radius 2 is 1.92 bits per heavy atom. The van der Waals surface area contributed by atoms with E-state index in [0.717, 1.165) is 18.9 Å². The van der Waals surface area contributed by atoms with Gasteiger partial charge in [-0.05, 0) is 31.0 Å². The fraction of sp³-hybridized carbons (Fsp3) is 0.389. The summed E-state index contributed by atoms with van der Waals surface area (Å²) in [5.41, 5.74) is 0.847. The average molecular weight is 361 g/mol. The van der Waals surface area contributed by atoms with Crippen LogP contribution in [-0.4, -0.2) is 36.1 Å². The summed E-state index contributed by atoms with van der Waals surface area (Å²) in [7, 11) is 1.54. The standard InChI is InChI=1S/C18H21ClN4O2/c1-25-16-7-6-13(10-14(16)19)22-18(24)15-11-21-17(12-20-15)23-8-4-2-3-5-9-23/h6-7,10-12H,2-5,8-9H2,1H3,(H,22,24). The lowest BCUT2D eigenvalue weighted by Gasteiger charge is -2.20. The SMILES string of the molecule is COc1ccc(NC(=O)c2cnc(N3CCCCCC3)cn2)cc1Cl. The molecule has 132 valence electrons. The van der Waals surface area contributed by atoms with Crippen molar-refractivity contribution in [2.45, 2.75) is 25.7 Å². The summed E-state index contributed by atoms with van der Waals surface area (Å²) in [5.74, 6) is 1.06. The fourth-order valence-electron chi connectivity index (χ4n) is 2.84. The molecule has 0 radical (unpaired) electrons. The Bertz CT molecular complexity index is 728. The van der Waals surface area contributed by atoms with Gasteiger partial charge in [0.2, 0.25) is 0 Å². The van der Waals surface area contributed by atoms with Gasteiger partial charge in [0.25, 0.3) is 5.91 Å². The van der Waals surface area contributed by atoms with E-state index in [1.54, 1.807) is 31.5 Å². The third-order valence-electron chi connectivity index (χ3n) is 4.21. The second-order valence-electron chi connectivity index (χ2n) is 5.96. The summed E-state index contributed by atoms with van der Waals surface area (Å²) in [4.78, 5) is 23.2. The van der Waals surface area contributed by atoms with Crippen LogP contribution in [-0.2, 0) is 0 Å². The van der Waals surface area contributed by atoms with Gasteiger partial charge in [-0.2, -0.15) is 0 Å². The Morgan fingerprint density at radius 3 is 2.52 bits per heavy atom. The molecule has 25 heavy (non-hydrogen) atoms. The van der Waals surface area contributed by atoms with Crippen LogP contribution in [0.2, 0.25) is 5.02 Å². The largest absolute Gasteiger partial charge is 0.495 e. The second-order valence-corrected chi connectivity index (χ2v) is 6.37. The van der Waals surface area contributed by atoms with Crippen LogP contribution in [0.5, 0.6) is 5.75 Å². The highest BCUT2D eigenvalue weighted by Crippen LogP contribution is 2.27. The van der Waals surface area contributed by atoms with Crippen molar-refractivity contribution in [3.8, 4) is 5.75 Å². The lowest BCUT2D eigenvalue weighted by atomic mass is 10.2. The minimum absolute atomic E-state index is 0.269. The number of carbonyl (C=O) groups excluding carboxylic acids is 1. The molecule has 0 unspecified atom stereocenters. The van der Waals surface area contributed by atoms with Crippen LogP contribution in [0.1, 0.15) is 36.2 Å². The molecule has 0 saturated carbocycles. The first-order chi connectivity index (χ1) is 12.2. The van der Waals surface area contributed by atoms with Crippen molar-refractivity contribution >= 4 is 29.0 Å². The normalized spacial score (nSPS) is 14.7. The number of amides is 1. The molecule has 7 heteroatoms. The zero-order chi connectivity index (χ0) is 17.6. The predicted molar refractivity (Wildman–Crippen MR) is 98.7 cm³/mol. The first-order valence-electron chi connectivity index (χ1n) is 8.39. The number of ether oxygens (including phenoxy) is 1. The van der Waals surface area contributed by atoms with Crippen LogP contribution in [0.3, 0.4) is 0 Å². The number of hydrogen-bond donors (Lipinski definition) is 1. The maximum atomic E-state index is 12.3. The van der Waals surface area contributed by atoms with Crippen molar-refractivity contribution in [1.82, 2.24) is 9.97 Å². The van der Waals surface area contributed by atoms with Crippen LogP contribution >= 0.6 is 11.6 Å². The molecule has 1 aliphatic heterocycles. The van der Waals surface area contributed by atoms with Crippen LogP contribution < -0.4 is 15.0 Å². The molecule has 6 nitrogen and oxygen atoms in total. The van der Waals surface area contributed by atoms with Crippen molar-refractivity contribution < 1.29 is 9.53 Å². The van der Waals surface area contributed by atoms with E-state index in [2.05, 4.69) is 20.2 Å². The van der Waals surface area contributed by atoms with Crippen LogP contribution in [0.15, 0.2) is 30.6 Å². The molecule has 1 aromatic heterocycles. The first kappa shape index (κ1) is 17.5. The number of rotatable bonds is 4. The van der Waals surface area contributed by atoms with Crippen LogP contribution in [0.4, 0.5) is 11.5 Å². The lowest BCUT2D eigenvalue weighted by molar-refractivity contribution is 0.102. The maximum absolute atomic E-state index is 12.3. The monoisotopic (exact) mass is 360 g/mol. The number of carbonyl (C=O) groups is 1. The zero-order valence-corrected chi connectivity index (χ0v) is 14.9. The van der Waals surface area contributed by atoms with Crippen molar-refractivity contribution in [3.63, 3.8) is 0 Å². The number of methoxy groups -OCH3 is 1. The van der Waals surface area contributed by atoms with E-state index in [1.165, 1.54) is 31.9 Å². The number of aromatic nitrogens is 2. The van der Waals surface area contributed by atoms with E-state index in [-0.39, 0.29) is 11.6 Å². The van der Waals surface area contributed by atoms with Crippen LogP contribution in [0, 0.1) is 0 Å². The second kappa shape index (κ2) is 8.16. The lowest BCUT2D eigenvalue weighted by Crippen LogP contribution is -2.25. The predicted octanol–water partition coefficient (Wildman–Crippen LogP) is 3.77. The van der Waals surface area contributed by atoms with E-state index in [4.69, 9.17) is 16.3 Å². The summed E-state index contributed by atoms with van der Waals surface area (Å²) in [6.45, 7) is 1.98. The third kappa shape index (κ3) is 4.39. The number of benzene rings is 1. The van der Waals surface area contributed by atoms with Gasteiger partial charge in [-0.25, -0.2) is 9.97 Å². The van der Waals surface area contributed by atoms with Crippen molar-refractivity contribution in [2.24, 2.45) is 0 Å². The minimum atomic E-state index is -0.323. The smallest absolute Gasteiger partial charge is 0.275 e. The highest BCUT2D eigenvalue weighted by Gasteiger charge is 2.14.